The second-order valence-corrected chi connectivity index (χ2v) is 4.97. The topological polar surface area (TPSA) is 41.1 Å². The van der Waals surface area contributed by atoms with Crippen molar-refractivity contribution >= 4 is 21.8 Å². The molecule has 0 saturated carbocycles. The van der Waals surface area contributed by atoms with Crippen LogP contribution in [0.2, 0.25) is 0 Å². The van der Waals surface area contributed by atoms with Gasteiger partial charge in [0.2, 0.25) is 5.91 Å². The van der Waals surface area contributed by atoms with Gasteiger partial charge in [-0.25, -0.2) is 0 Å². The van der Waals surface area contributed by atoms with Crippen LogP contribution < -0.4 is 10.6 Å². The molecule has 0 aliphatic rings. The first-order valence-electron chi connectivity index (χ1n) is 5.60. The van der Waals surface area contributed by atoms with Crippen LogP contribution in [0.4, 0.5) is 13.2 Å². The van der Waals surface area contributed by atoms with Gasteiger partial charge in [0, 0.05) is 10.5 Å². The van der Waals surface area contributed by atoms with Crippen LogP contribution >= 0.6 is 15.9 Å². The highest BCUT2D eigenvalue weighted by Crippen LogP contribution is 2.17. The van der Waals surface area contributed by atoms with Crippen molar-refractivity contribution in [1.29, 1.82) is 0 Å². The van der Waals surface area contributed by atoms with Crippen molar-refractivity contribution in [1.82, 2.24) is 10.6 Å². The number of carbonyl (C=O) groups is 1. The van der Waals surface area contributed by atoms with Gasteiger partial charge in [0.1, 0.15) is 6.54 Å². The second-order valence-electron chi connectivity index (χ2n) is 4.05. The van der Waals surface area contributed by atoms with Gasteiger partial charge in [-0.1, -0.05) is 28.1 Å². The van der Waals surface area contributed by atoms with E-state index in [9.17, 15) is 18.0 Å². The molecule has 0 aromatic heterocycles. The molecule has 19 heavy (non-hydrogen) atoms. The van der Waals surface area contributed by atoms with Crippen molar-refractivity contribution in [3.63, 3.8) is 0 Å². The third-order valence-electron chi connectivity index (χ3n) is 2.40. The number of alkyl halides is 3. The van der Waals surface area contributed by atoms with Crippen LogP contribution in [0, 0.1) is 0 Å². The van der Waals surface area contributed by atoms with E-state index < -0.39 is 18.6 Å². The van der Waals surface area contributed by atoms with Crippen molar-refractivity contribution in [2.24, 2.45) is 0 Å². The molecule has 1 aromatic carbocycles. The van der Waals surface area contributed by atoms with E-state index in [0.717, 1.165) is 10.0 Å². The SMILES string of the molecule is C[C@H](NCC(=O)NCC(F)(F)F)c1cccc(Br)c1. The van der Waals surface area contributed by atoms with Gasteiger partial charge >= 0.3 is 6.18 Å². The minimum atomic E-state index is -4.38. The molecule has 0 aliphatic heterocycles. The van der Waals surface area contributed by atoms with Crippen LogP contribution in [0.25, 0.3) is 0 Å². The lowest BCUT2D eigenvalue weighted by Crippen LogP contribution is -2.39. The van der Waals surface area contributed by atoms with Crippen molar-refractivity contribution < 1.29 is 18.0 Å². The molecule has 0 fully saturated rings. The van der Waals surface area contributed by atoms with E-state index >= 15 is 0 Å². The van der Waals surface area contributed by atoms with Crippen LogP contribution in [0.3, 0.4) is 0 Å². The van der Waals surface area contributed by atoms with Crippen molar-refractivity contribution in [2.75, 3.05) is 13.1 Å². The predicted molar refractivity (Wildman–Crippen MR) is 69.6 cm³/mol. The molecular formula is C12H14BrF3N2O. The van der Waals surface area contributed by atoms with Crippen LogP contribution in [-0.2, 0) is 4.79 Å². The predicted octanol–water partition coefficient (Wildman–Crippen LogP) is 2.78. The molecular weight excluding hydrogens is 325 g/mol. The Labute approximate surface area is 117 Å². The summed E-state index contributed by atoms with van der Waals surface area (Å²) in [6.07, 6.45) is -4.38. The zero-order valence-electron chi connectivity index (χ0n) is 10.2. The molecule has 3 nitrogen and oxygen atoms in total. The number of amides is 1. The quantitative estimate of drug-likeness (QED) is 0.866. The second kappa shape index (κ2) is 6.91. The van der Waals surface area contributed by atoms with Crippen molar-refractivity contribution in [3.8, 4) is 0 Å². The first-order chi connectivity index (χ1) is 8.78. The molecule has 7 heteroatoms. The number of hydrogen-bond donors (Lipinski definition) is 2. The Hall–Kier alpha value is -1.08. The molecule has 0 heterocycles. The Bertz CT molecular complexity index is 437. The fourth-order valence-corrected chi connectivity index (χ4v) is 1.82. The molecule has 0 unspecified atom stereocenters. The van der Waals surface area contributed by atoms with E-state index in [1.165, 1.54) is 0 Å². The monoisotopic (exact) mass is 338 g/mol. The molecule has 0 spiro atoms. The maximum atomic E-state index is 11.9. The first-order valence-corrected chi connectivity index (χ1v) is 6.39. The molecule has 2 N–H and O–H groups in total. The number of nitrogens with one attached hydrogen (secondary N) is 2. The minimum Gasteiger partial charge on any atom is -0.346 e. The zero-order chi connectivity index (χ0) is 14.5. The Morgan fingerprint density at radius 2 is 2.11 bits per heavy atom. The lowest BCUT2D eigenvalue weighted by molar-refractivity contribution is -0.137. The number of benzene rings is 1. The molecule has 1 amide bonds. The first kappa shape index (κ1) is 16.0. The lowest BCUT2D eigenvalue weighted by Gasteiger charge is -2.15. The normalized spacial score (nSPS) is 13.1. The molecule has 106 valence electrons. The van der Waals surface area contributed by atoms with E-state index in [-0.39, 0.29) is 12.6 Å². The van der Waals surface area contributed by atoms with Crippen LogP contribution in [-0.4, -0.2) is 25.2 Å². The highest BCUT2D eigenvalue weighted by Gasteiger charge is 2.27. The van der Waals surface area contributed by atoms with E-state index in [1.54, 1.807) is 5.32 Å². The Kier molecular flexibility index (Phi) is 5.81. The average Bonchev–Trinajstić information content (AvgIpc) is 2.32. The van der Waals surface area contributed by atoms with Gasteiger partial charge in [-0.05, 0) is 24.6 Å². The Morgan fingerprint density at radius 1 is 1.42 bits per heavy atom. The lowest BCUT2D eigenvalue weighted by atomic mass is 10.1. The summed E-state index contributed by atoms with van der Waals surface area (Å²) in [5.41, 5.74) is 0.943. The number of halogens is 4. The van der Waals surface area contributed by atoms with Crippen LogP contribution in [0.15, 0.2) is 28.7 Å². The Morgan fingerprint density at radius 3 is 2.68 bits per heavy atom. The summed E-state index contributed by atoms with van der Waals surface area (Å²) in [5.74, 6) is -0.681. The van der Waals surface area contributed by atoms with Crippen molar-refractivity contribution in [2.45, 2.75) is 19.1 Å². The third-order valence-corrected chi connectivity index (χ3v) is 2.90. The molecule has 0 aliphatic carbocycles. The summed E-state index contributed by atoms with van der Waals surface area (Å²) < 4.78 is 36.6. The standard InChI is InChI=1S/C12H14BrF3N2O/c1-8(9-3-2-4-10(13)5-9)17-6-11(19)18-7-12(14,15)16/h2-5,8,17H,6-7H2,1H3,(H,18,19)/t8-/m0/s1. The maximum Gasteiger partial charge on any atom is 0.405 e. The van der Waals surface area contributed by atoms with Crippen molar-refractivity contribution in [3.05, 3.63) is 34.3 Å². The zero-order valence-corrected chi connectivity index (χ0v) is 11.8. The number of rotatable bonds is 5. The summed E-state index contributed by atoms with van der Waals surface area (Å²) in [5, 5.41) is 4.67. The fraction of sp³-hybridized carbons (Fsp3) is 0.417. The minimum absolute atomic E-state index is 0.130. The van der Waals surface area contributed by atoms with E-state index in [2.05, 4.69) is 21.2 Å². The summed E-state index contributed by atoms with van der Waals surface area (Å²) in [7, 11) is 0. The van der Waals surface area contributed by atoms with Crippen LogP contribution in [0.5, 0.6) is 0 Å². The molecule has 1 aromatic rings. The number of hydrogen-bond acceptors (Lipinski definition) is 2. The number of carbonyl (C=O) groups excluding carboxylic acids is 1. The summed E-state index contributed by atoms with van der Waals surface area (Å²) in [6, 6.07) is 7.34. The summed E-state index contributed by atoms with van der Waals surface area (Å²) in [6.45, 7) is 0.362. The van der Waals surface area contributed by atoms with Gasteiger partial charge < -0.3 is 10.6 Å². The van der Waals surface area contributed by atoms with Gasteiger partial charge in [0.25, 0.3) is 0 Å². The fourth-order valence-electron chi connectivity index (χ4n) is 1.40. The maximum absolute atomic E-state index is 11.9. The summed E-state index contributed by atoms with van der Waals surface area (Å²) >= 11 is 3.33. The molecule has 0 bridgehead atoms. The third kappa shape index (κ3) is 6.58. The van der Waals surface area contributed by atoms with Gasteiger partial charge in [-0.3, -0.25) is 4.79 Å². The summed E-state index contributed by atoms with van der Waals surface area (Å²) in [4.78, 5) is 11.2. The molecule has 1 rings (SSSR count). The van der Waals surface area contributed by atoms with Gasteiger partial charge in [0.05, 0.1) is 6.54 Å². The van der Waals surface area contributed by atoms with Gasteiger partial charge in [0.15, 0.2) is 0 Å². The molecule has 0 saturated heterocycles. The van der Waals surface area contributed by atoms with Gasteiger partial charge in [-0.15, -0.1) is 0 Å². The highest BCUT2D eigenvalue weighted by atomic mass is 79.9. The van der Waals surface area contributed by atoms with Crippen LogP contribution in [0.1, 0.15) is 18.5 Å². The molecule has 0 radical (unpaired) electrons. The van der Waals surface area contributed by atoms with E-state index in [4.69, 9.17) is 0 Å². The highest BCUT2D eigenvalue weighted by molar-refractivity contribution is 9.10. The molecule has 1 atom stereocenters. The Balaban J connectivity index is 2.38. The van der Waals surface area contributed by atoms with E-state index in [0.29, 0.717) is 0 Å². The van der Waals surface area contributed by atoms with Gasteiger partial charge in [-0.2, -0.15) is 13.2 Å². The largest absolute Gasteiger partial charge is 0.405 e. The average molecular weight is 339 g/mol. The van der Waals surface area contributed by atoms with E-state index in [1.807, 2.05) is 31.2 Å². The smallest absolute Gasteiger partial charge is 0.346 e.